The van der Waals surface area contributed by atoms with Crippen molar-refractivity contribution in [2.24, 2.45) is 0 Å². The summed E-state index contributed by atoms with van der Waals surface area (Å²) < 4.78 is 5.75. The SMILES string of the molecule is CCN1C(=O)c2cc([N+](=O)[O-])ccc2Oc2ccccc21. The van der Waals surface area contributed by atoms with Gasteiger partial charge in [0.15, 0.2) is 5.75 Å². The molecule has 0 N–H and O–H groups in total. The van der Waals surface area contributed by atoms with Gasteiger partial charge in [0.25, 0.3) is 11.6 Å². The zero-order valence-corrected chi connectivity index (χ0v) is 11.3. The van der Waals surface area contributed by atoms with E-state index >= 15 is 0 Å². The van der Waals surface area contributed by atoms with E-state index in [2.05, 4.69) is 0 Å². The smallest absolute Gasteiger partial charge is 0.270 e. The quantitative estimate of drug-likeness (QED) is 0.626. The highest BCUT2D eigenvalue weighted by Gasteiger charge is 2.28. The molecule has 3 rings (SSSR count). The molecule has 106 valence electrons. The first-order valence-corrected chi connectivity index (χ1v) is 6.49. The van der Waals surface area contributed by atoms with Crippen LogP contribution in [0.1, 0.15) is 17.3 Å². The molecule has 0 aromatic heterocycles. The van der Waals surface area contributed by atoms with Gasteiger partial charge >= 0.3 is 0 Å². The second kappa shape index (κ2) is 4.90. The number of non-ortho nitro benzene ring substituents is 1. The summed E-state index contributed by atoms with van der Waals surface area (Å²) in [5.41, 5.74) is 0.721. The fourth-order valence-corrected chi connectivity index (χ4v) is 2.34. The number of hydrogen-bond acceptors (Lipinski definition) is 4. The van der Waals surface area contributed by atoms with Crippen LogP contribution in [0.4, 0.5) is 11.4 Å². The van der Waals surface area contributed by atoms with Crippen molar-refractivity contribution in [3.05, 3.63) is 58.1 Å². The fourth-order valence-electron chi connectivity index (χ4n) is 2.34. The van der Waals surface area contributed by atoms with Gasteiger partial charge in [0, 0.05) is 18.7 Å². The summed E-state index contributed by atoms with van der Waals surface area (Å²) in [5, 5.41) is 10.9. The number of carbonyl (C=O) groups excluding carboxylic acids is 1. The Morgan fingerprint density at radius 1 is 1.19 bits per heavy atom. The summed E-state index contributed by atoms with van der Waals surface area (Å²) in [6, 6.07) is 11.2. The van der Waals surface area contributed by atoms with E-state index in [9.17, 15) is 14.9 Å². The molecule has 0 bridgehead atoms. The van der Waals surface area contributed by atoms with Crippen molar-refractivity contribution in [3.63, 3.8) is 0 Å². The molecule has 6 heteroatoms. The number of hydrogen-bond donors (Lipinski definition) is 0. The van der Waals surface area contributed by atoms with E-state index in [1.165, 1.54) is 18.2 Å². The predicted octanol–water partition coefficient (Wildman–Crippen LogP) is 3.37. The number of ether oxygens (including phenoxy) is 1. The average molecular weight is 284 g/mol. The highest BCUT2D eigenvalue weighted by molar-refractivity contribution is 6.10. The lowest BCUT2D eigenvalue weighted by Gasteiger charge is -2.19. The normalized spacial score (nSPS) is 13.0. The third-order valence-corrected chi connectivity index (χ3v) is 3.34. The topological polar surface area (TPSA) is 72.7 Å². The van der Waals surface area contributed by atoms with E-state index < -0.39 is 4.92 Å². The summed E-state index contributed by atoms with van der Waals surface area (Å²) in [7, 11) is 0. The van der Waals surface area contributed by atoms with E-state index in [-0.39, 0.29) is 17.2 Å². The van der Waals surface area contributed by atoms with Crippen molar-refractivity contribution < 1.29 is 14.5 Å². The van der Waals surface area contributed by atoms with Gasteiger partial charge in [0.05, 0.1) is 16.2 Å². The largest absolute Gasteiger partial charge is 0.454 e. The van der Waals surface area contributed by atoms with Crippen molar-refractivity contribution in [3.8, 4) is 11.5 Å². The van der Waals surface area contributed by atoms with Crippen LogP contribution in [0.15, 0.2) is 42.5 Å². The predicted molar refractivity (Wildman–Crippen MR) is 77.0 cm³/mol. The van der Waals surface area contributed by atoms with Crippen molar-refractivity contribution in [2.45, 2.75) is 6.92 Å². The highest BCUT2D eigenvalue weighted by atomic mass is 16.6. The highest BCUT2D eigenvalue weighted by Crippen LogP contribution is 2.39. The maximum atomic E-state index is 12.6. The van der Waals surface area contributed by atoms with Crippen molar-refractivity contribution in [1.29, 1.82) is 0 Å². The maximum absolute atomic E-state index is 12.6. The molecule has 0 atom stereocenters. The molecule has 0 radical (unpaired) electrons. The summed E-state index contributed by atoms with van der Waals surface area (Å²) in [6.07, 6.45) is 0. The second-order valence-corrected chi connectivity index (χ2v) is 4.56. The van der Waals surface area contributed by atoms with Crippen LogP contribution < -0.4 is 9.64 Å². The van der Waals surface area contributed by atoms with Crippen LogP contribution in [-0.4, -0.2) is 17.4 Å². The first-order chi connectivity index (χ1) is 10.1. The molecule has 0 aliphatic carbocycles. The van der Waals surface area contributed by atoms with Gasteiger partial charge in [-0.2, -0.15) is 0 Å². The number of para-hydroxylation sites is 2. The number of nitrogens with zero attached hydrogens (tertiary/aromatic N) is 2. The van der Waals surface area contributed by atoms with Gasteiger partial charge < -0.3 is 9.64 Å². The number of rotatable bonds is 2. The number of fused-ring (bicyclic) bond motifs is 2. The Labute approximate surface area is 120 Å². The van der Waals surface area contributed by atoms with Gasteiger partial charge in [-0.1, -0.05) is 12.1 Å². The van der Waals surface area contributed by atoms with Crippen LogP contribution in [0.25, 0.3) is 0 Å². The van der Waals surface area contributed by atoms with E-state index in [0.29, 0.717) is 23.7 Å². The summed E-state index contributed by atoms with van der Waals surface area (Å²) in [5.74, 6) is 0.579. The molecule has 0 saturated heterocycles. The molecule has 0 saturated carbocycles. The number of nitro groups is 1. The van der Waals surface area contributed by atoms with Crippen LogP contribution >= 0.6 is 0 Å². The number of amides is 1. The van der Waals surface area contributed by atoms with Crippen molar-refractivity contribution >= 4 is 17.3 Å². The Kier molecular flexibility index (Phi) is 3.06. The van der Waals surface area contributed by atoms with Gasteiger partial charge in [-0.05, 0) is 25.1 Å². The van der Waals surface area contributed by atoms with Crippen LogP contribution in [-0.2, 0) is 0 Å². The van der Waals surface area contributed by atoms with Crippen LogP contribution in [0, 0.1) is 10.1 Å². The molecule has 21 heavy (non-hydrogen) atoms. The molecule has 1 aliphatic heterocycles. The molecular formula is C15H12N2O4. The lowest BCUT2D eigenvalue weighted by Crippen LogP contribution is -2.29. The monoisotopic (exact) mass is 284 g/mol. The van der Waals surface area contributed by atoms with Gasteiger partial charge in [-0.3, -0.25) is 14.9 Å². The standard InChI is InChI=1S/C15H12N2O4/c1-2-16-12-5-3-4-6-14(12)21-13-8-7-10(17(19)20)9-11(13)15(16)18/h3-9H,2H2,1H3. The zero-order chi connectivity index (χ0) is 15.0. The van der Waals surface area contributed by atoms with Gasteiger partial charge in [-0.15, -0.1) is 0 Å². The summed E-state index contributed by atoms with van der Waals surface area (Å²) in [6.45, 7) is 2.29. The molecule has 1 heterocycles. The zero-order valence-electron chi connectivity index (χ0n) is 11.3. The van der Waals surface area contributed by atoms with E-state index in [0.717, 1.165) is 0 Å². The van der Waals surface area contributed by atoms with Gasteiger partial charge in [-0.25, -0.2) is 0 Å². The molecule has 2 aromatic rings. The molecular weight excluding hydrogens is 272 g/mol. The van der Waals surface area contributed by atoms with Gasteiger partial charge in [0.1, 0.15) is 5.75 Å². The maximum Gasteiger partial charge on any atom is 0.270 e. The molecule has 0 fully saturated rings. The second-order valence-electron chi connectivity index (χ2n) is 4.56. The fraction of sp³-hybridized carbons (Fsp3) is 0.133. The lowest BCUT2D eigenvalue weighted by atomic mass is 10.1. The van der Waals surface area contributed by atoms with Crippen LogP contribution in [0.2, 0.25) is 0 Å². The van der Waals surface area contributed by atoms with Crippen molar-refractivity contribution in [1.82, 2.24) is 0 Å². The lowest BCUT2D eigenvalue weighted by molar-refractivity contribution is -0.384. The first-order valence-electron chi connectivity index (χ1n) is 6.49. The van der Waals surface area contributed by atoms with E-state index in [4.69, 9.17) is 4.74 Å². The van der Waals surface area contributed by atoms with E-state index in [1.807, 2.05) is 19.1 Å². The third kappa shape index (κ3) is 2.10. The Hall–Kier alpha value is -2.89. The minimum absolute atomic E-state index is 0.132. The first kappa shape index (κ1) is 13.1. The molecule has 0 spiro atoms. The minimum Gasteiger partial charge on any atom is -0.454 e. The van der Waals surface area contributed by atoms with E-state index in [1.54, 1.807) is 17.0 Å². The molecule has 0 unspecified atom stereocenters. The molecule has 1 aliphatic rings. The van der Waals surface area contributed by atoms with Crippen molar-refractivity contribution in [2.75, 3.05) is 11.4 Å². The molecule has 1 amide bonds. The summed E-state index contributed by atoms with van der Waals surface area (Å²) >= 11 is 0. The van der Waals surface area contributed by atoms with Gasteiger partial charge in [0.2, 0.25) is 0 Å². The minimum atomic E-state index is -0.526. The number of carbonyl (C=O) groups is 1. The van der Waals surface area contributed by atoms with Crippen LogP contribution in [0.3, 0.4) is 0 Å². The Bertz CT molecular complexity index is 742. The third-order valence-electron chi connectivity index (χ3n) is 3.34. The molecule has 2 aromatic carbocycles. The number of benzene rings is 2. The average Bonchev–Trinajstić information content (AvgIpc) is 2.60. The molecule has 6 nitrogen and oxygen atoms in total. The van der Waals surface area contributed by atoms with Crippen LogP contribution in [0.5, 0.6) is 11.5 Å². The Morgan fingerprint density at radius 2 is 1.95 bits per heavy atom. The summed E-state index contributed by atoms with van der Waals surface area (Å²) in [4.78, 5) is 24.5. The number of anilines is 1. The number of nitro benzene ring substituents is 1. The Morgan fingerprint density at radius 3 is 2.67 bits per heavy atom. The Balaban J connectivity index is 2.20.